The van der Waals surface area contributed by atoms with E-state index in [1.807, 2.05) is 12.2 Å². The van der Waals surface area contributed by atoms with Crippen LogP contribution in [0.2, 0.25) is 0 Å². The van der Waals surface area contributed by atoms with E-state index in [2.05, 4.69) is 186 Å². The summed E-state index contributed by atoms with van der Waals surface area (Å²) in [6.45, 7) is 4.40. The molecule has 5 atom stereocenters. The average molecular weight is 1520 g/mol. The lowest BCUT2D eigenvalue weighted by atomic mass is 10.0. The summed E-state index contributed by atoms with van der Waals surface area (Å²) < 4.78 is 68.5. The van der Waals surface area contributed by atoms with Crippen LogP contribution in [0, 0.1) is 0 Å². The minimum atomic E-state index is -5.01. The van der Waals surface area contributed by atoms with Crippen molar-refractivity contribution in [3.8, 4) is 0 Å². The zero-order valence-corrected chi connectivity index (χ0v) is 67.6. The Morgan fingerprint density at radius 3 is 0.802 bits per heavy atom. The summed E-state index contributed by atoms with van der Waals surface area (Å²) in [5.41, 5.74) is 0. The molecule has 0 aromatic rings. The molecule has 0 saturated heterocycles. The fourth-order valence-electron chi connectivity index (χ4n) is 10.2. The number of carbonyl (C=O) groups excluding carboxylic acids is 4. The second-order valence-electron chi connectivity index (χ2n) is 26.2. The van der Waals surface area contributed by atoms with Crippen molar-refractivity contribution < 1.29 is 80.2 Å². The van der Waals surface area contributed by atoms with Crippen LogP contribution in [0.25, 0.3) is 0 Å². The quantitative estimate of drug-likeness (QED) is 0.0169. The first-order valence-electron chi connectivity index (χ1n) is 40.4. The molecule has 0 fully saturated rings. The maximum Gasteiger partial charge on any atom is 0.472 e. The molecular formula is C87H142O17P2. The highest BCUT2D eigenvalue weighted by molar-refractivity contribution is 7.47. The molecule has 0 aliphatic carbocycles. The SMILES string of the molecule is CC/C=C\C/C=C\C/C=C\C/C=C\C/C=C\CCCCCC(=O)OCC(COP(=O)(O)OCC(O)COP(=O)(O)OCC(COC(=O)CCCCCC/C=C\C/C=C\C/C=C\C/C=C\CC)OC(=O)CCCCCCCCCCCCCCC)OC(=O)CCC/C=C\C/C=C\C/C=C\C/C=C\C/C=C\CC. The van der Waals surface area contributed by atoms with Gasteiger partial charge < -0.3 is 33.8 Å². The lowest BCUT2D eigenvalue weighted by Gasteiger charge is -2.21. The highest BCUT2D eigenvalue weighted by Crippen LogP contribution is 2.45. The van der Waals surface area contributed by atoms with Crippen LogP contribution in [0.4, 0.5) is 0 Å². The Balaban J connectivity index is 5.47. The zero-order chi connectivity index (χ0) is 77.4. The summed E-state index contributed by atoms with van der Waals surface area (Å²) >= 11 is 0. The number of hydrogen-bond acceptors (Lipinski definition) is 15. The second kappa shape index (κ2) is 77.6. The van der Waals surface area contributed by atoms with E-state index in [0.29, 0.717) is 32.1 Å². The molecule has 17 nitrogen and oxygen atoms in total. The lowest BCUT2D eigenvalue weighted by molar-refractivity contribution is -0.161. The van der Waals surface area contributed by atoms with E-state index in [9.17, 15) is 43.2 Å². The van der Waals surface area contributed by atoms with E-state index in [4.69, 9.17) is 37.0 Å². The average Bonchev–Trinajstić information content (AvgIpc) is 0.907. The van der Waals surface area contributed by atoms with Crippen LogP contribution in [0.3, 0.4) is 0 Å². The molecule has 0 aromatic carbocycles. The molecule has 5 unspecified atom stereocenters. The van der Waals surface area contributed by atoms with Crippen LogP contribution in [0.15, 0.2) is 170 Å². The predicted molar refractivity (Wildman–Crippen MR) is 436 cm³/mol. The molecule has 0 radical (unpaired) electrons. The molecule has 3 N–H and O–H groups in total. The standard InChI is InChI=1S/C87H142O17P2/c1-5-9-13-17-21-25-29-33-36-39-40-43-45-49-52-56-60-64-68-72-85(90)98-78-83(104-87(92)74-70-66-62-58-54-50-46-42-38-35-31-27-23-19-15-11-7-3)80-102-106(95,96)100-76-81(88)75-99-105(93,94)101-79-82(103-86(91)73-69-65-61-57-53-47-32-28-24-20-16-12-8-4)77-97-84(89)71-67-63-59-55-51-48-44-41-37-34-30-26-22-18-14-10-6-2/h9-11,13-15,21-23,25-27,33-38,40,43-44,46,48-50,52,58,62,81-83,88H,5-8,12,16-20,24,28-32,39,41-42,45,47,51,53-57,59-61,63-80H2,1-4H3,(H,93,94)(H,95,96)/b13-9-,14-10-,15-11-,25-21-,26-22-,27-23-,36-33-,37-34-,38-35-,43-40-,48-44-,50-46-,52-49-,62-58-. The van der Waals surface area contributed by atoms with Crippen molar-refractivity contribution in [2.75, 3.05) is 39.6 Å². The Bertz CT molecular complexity index is 2680. The third-order valence-corrected chi connectivity index (χ3v) is 18.1. The summed E-state index contributed by atoms with van der Waals surface area (Å²) in [6, 6.07) is 0. The molecule has 602 valence electrons. The molecule has 0 heterocycles. The van der Waals surface area contributed by atoms with Crippen LogP contribution >= 0.6 is 15.6 Å². The predicted octanol–water partition coefficient (Wildman–Crippen LogP) is 23.8. The molecule has 0 aliphatic heterocycles. The number of rotatable bonds is 74. The number of allylic oxidation sites excluding steroid dienone is 28. The summed E-state index contributed by atoms with van der Waals surface area (Å²) in [4.78, 5) is 73.1. The number of esters is 4. The first-order valence-corrected chi connectivity index (χ1v) is 43.4. The zero-order valence-electron chi connectivity index (χ0n) is 65.8. The van der Waals surface area contributed by atoms with E-state index >= 15 is 0 Å². The normalized spacial score (nSPS) is 14.7. The van der Waals surface area contributed by atoms with E-state index in [-0.39, 0.29) is 25.7 Å². The summed E-state index contributed by atoms with van der Waals surface area (Å²) in [7, 11) is -10.0. The van der Waals surface area contributed by atoms with E-state index in [1.165, 1.54) is 51.4 Å². The fourth-order valence-corrected chi connectivity index (χ4v) is 11.7. The number of phosphoric ester groups is 2. The number of phosphoric acid groups is 2. The van der Waals surface area contributed by atoms with E-state index in [1.54, 1.807) is 0 Å². The van der Waals surface area contributed by atoms with Gasteiger partial charge in [0.25, 0.3) is 0 Å². The van der Waals surface area contributed by atoms with Gasteiger partial charge in [0.2, 0.25) is 0 Å². The monoisotopic (exact) mass is 1520 g/mol. The first kappa shape index (κ1) is 100. The number of unbranched alkanes of at least 4 members (excludes halogenated alkanes) is 20. The van der Waals surface area contributed by atoms with Crippen molar-refractivity contribution in [1.29, 1.82) is 0 Å². The molecule has 0 spiro atoms. The molecule has 106 heavy (non-hydrogen) atoms. The smallest absolute Gasteiger partial charge is 0.462 e. The number of hydrogen-bond donors (Lipinski definition) is 3. The van der Waals surface area contributed by atoms with Crippen molar-refractivity contribution in [1.82, 2.24) is 0 Å². The summed E-state index contributed by atoms with van der Waals surface area (Å²) in [5.74, 6) is -2.31. The number of aliphatic hydroxyl groups excluding tert-OH is 1. The Hall–Kier alpha value is -5.58. The number of ether oxygens (including phenoxy) is 4. The van der Waals surface area contributed by atoms with Crippen LogP contribution < -0.4 is 0 Å². The van der Waals surface area contributed by atoms with Gasteiger partial charge >= 0.3 is 39.5 Å². The molecule has 0 aliphatic rings. The Kier molecular flexibility index (Phi) is 73.5. The maximum absolute atomic E-state index is 13.1. The molecule has 0 saturated carbocycles. The highest BCUT2D eigenvalue weighted by atomic mass is 31.2. The van der Waals surface area contributed by atoms with Crippen molar-refractivity contribution in [2.45, 2.75) is 316 Å². The largest absolute Gasteiger partial charge is 0.472 e. The Morgan fingerprint density at radius 1 is 0.274 bits per heavy atom. The van der Waals surface area contributed by atoms with Crippen molar-refractivity contribution in [3.05, 3.63) is 170 Å². The van der Waals surface area contributed by atoms with Crippen molar-refractivity contribution in [2.24, 2.45) is 0 Å². The van der Waals surface area contributed by atoms with E-state index in [0.717, 1.165) is 161 Å². The molecular weight excluding hydrogens is 1380 g/mol. The van der Waals surface area contributed by atoms with Gasteiger partial charge in [0.1, 0.15) is 19.3 Å². The van der Waals surface area contributed by atoms with Gasteiger partial charge in [-0.2, -0.15) is 0 Å². The topological polar surface area (TPSA) is 237 Å². The third-order valence-electron chi connectivity index (χ3n) is 16.2. The molecule has 0 bridgehead atoms. The van der Waals surface area contributed by atoms with Crippen molar-refractivity contribution >= 4 is 39.5 Å². The Labute approximate surface area is 642 Å². The minimum absolute atomic E-state index is 0.00263. The Morgan fingerprint density at radius 2 is 0.500 bits per heavy atom. The van der Waals surface area contributed by atoms with Gasteiger partial charge in [0, 0.05) is 25.7 Å². The van der Waals surface area contributed by atoms with Crippen molar-refractivity contribution in [3.63, 3.8) is 0 Å². The first-order chi connectivity index (χ1) is 51.7. The van der Waals surface area contributed by atoms with Gasteiger partial charge in [-0.25, -0.2) is 9.13 Å². The van der Waals surface area contributed by atoms with Crippen LogP contribution in [-0.4, -0.2) is 96.7 Å². The summed E-state index contributed by atoms with van der Waals surface area (Å²) in [6.07, 6.45) is 91.9. The molecule has 0 aromatic heterocycles. The van der Waals surface area contributed by atoms with Crippen LogP contribution in [0.5, 0.6) is 0 Å². The molecule has 19 heteroatoms. The van der Waals surface area contributed by atoms with Crippen LogP contribution in [-0.2, 0) is 65.4 Å². The van der Waals surface area contributed by atoms with Gasteiger partial charge in [-0.05, 0) is 148 Å². The van der Waals surface area contributed by atoms with Gasteiger partial charge in [0.05, 0.1) is 26.4 Å². The van der Waals surface area contributed by atoms with Gasteiger partial charge in [-0.1, -0.05) is 294 Å². The van der Waals surface area contributed by atoms with Gasteiger partial charge in [0.15, 0.2) is 12.2 Å². The van der Waals surface area contributed by atoms with Gasteiger partial charge in [-0.15, -0.1) is 0 Å². The van der Waals surface area contributed by atoms with Crippen LogP contribution in [0.1, 0.15) is 297 Å². The van der Waals surface area contributed by atoms with E-state index < -0.39 is 97.5 Å². The fraction of sp³-hybridized carbons (Fsp3) is 0.632. The molecule has 0 amide bonds. The summed E-state index contributed by atoms with van der Waals surface area (Å²) in [5, 5.41) is 10.6. The maximum atomic E-state index is 13.1. The number of carbonyl (C=O) groups is 4. The highest BCUT2D eigenvalue weighted by Gasteiger charge is 2.30. The lowest BCUT2D eigenvalue weighted by Crippen LogP contribution is -2.30. The molecule has 0 rings (SSSR count). The second-order valence-corrected chi connectivity index (χ2v) is 29.1. The minimum Gasteiger partial charge on any atom is -0.462 e. The van der Waals surface area contributed by atoms with Gasteiger partial charge in [-0.3, -0.25) is 37.3 Å². The number of aliphatic hydroxyl groups is 1. The third kappa shape index (κ3) is 76.6.